The van der Waals surface area contributed by atoms with Crippen LogP contribution in [0.1, 0.15) is 101 Å². The molecule has 4 fully saturated rings. The average molecular weight is 919 g/mol. The van der Waals surface area contributed by atoms with E-state index in [4.69, 9.17) is 23.2 Å². The maximum absolute atomic E-state index is 16.3. The summed E-state index contributed by atoms with van der Waals surface area (Å²) in [6.45, 7) is 6.05. The highest BCUT2D eigenvalue weighted by molar-refractivity contribution is 6.31. The van der Waals surface area contributed by atoms with Crippen molar-refractivity contribution < 1.29 is 28.4 Å². The summed E-state index contributed by atoms with van der Waals surface area (Å²) in [6.07, 6.45) is 6.61. The summed E-state index contributed by atoms with van der Waals surface area (Å²) < 4.78 is 16.3. The van der Waals surface area contributed by atoms with Crippen LogP contribution in [0, 0.1) is 11.7 Å². The summed E-state index contributed by atoms with van der Waals surface area (Å²) >= 11 is 12.8. The molecule has 65 heavy (non-hydrogen) atoms. The Morgan fingerprint density at radius 3 is 2.40 bits per heavy atom. The van der Waals surface area contributed by atoms with Gasteiger partial charge in [-0.3, -0.25) is 29.3 Å². The predicted molar refractivity (Wildman–Crippen MR) is 247 cm³/mol. The molecule has 5 aliphatic heterocycles. The zero-order chi connectivity index (χ0) is 45.2. The van der Waals surface area contributed by atoms with Crippen LogP contribution < -0.4 is 26.6 Å². The molecule has 5 heterocycles. The van der Waals surface area contributed by atoms with Crippen LogP contribution in [0.4, 0.5) is 21.5 Å². The van der Waals surface area contributed by atoms with Gasteiger partial charge in [0.25, 0.3) is 11.8 Å². The van der Waals surface area contributed by atoms with Crippen molar-refractivity contribution in [1.82, 2.24) is 20.4 Å². The molecule has 0 radical (unpaired) electrons. The van der Waals surface area contributed by atoms with Crippen LogP contribution in [0.15, 0.2) is 91.1 Å². The van der Waals surface area contributed by atoms with E-state index in [-0.39, 0.29) is 34.2 Å². The van der Waals surface area contributed by atoms with E-state index in [1.165, 1.54) is 6.07 Å². The van der Waals surface area contributed by atoms with E-state index in [2.05, 4.69) is 33.2 Å². The molecule has 4 atom stereocenters. The lowest BCUT2D eigenvalue weighted by molar-refractivity contribution is -0.126. The highest BCUT2D eigenvalue weighted by Gasteiger charge is 2.72. The van der Waals surface area contributed by atoms with E-state index in [1.807, 2.05) is 29.2 Å². The van der Waals surface area contributed by atoms with E-state index in [0.717, 1.165) is 43.4 Å². The first-order valence-electron chi connectivity index (χ1n) is 22.6. The van der Waals surface area contributed by atoms with Crippen LogP contribution in [0.3, 0.4) is 0 Å². The number of allylic oxidation sites excluding steroid dienone is 1. The molecule has 1 saturated carbocycles. The Morgan fingerprint density at radius 1 is 0.892 bits per heavy atom. The van der Waals surface area contributed by atoms with Crippen molar-refractivity contribution in [1.29, 1.82) is 0 Å². The van der Waals surface area contributed by atoms with Gasteiger partial charge in [0.2, 0.25) is 17.7 Å². The fraction of sp³-hybridized carbons (Fsp3) is 0.380. The number of carbonyl (C=O) groups is 5. The lowest BCUT2D eigenvalue weighted by Crippen LogP contribution is -2.60. The van der Waals surface area contributed by atoms with Crippen molar-refractivity contribution in [3.8, 4) is 0 Å². The van der Waals surface area contributed by atoms with Crippen LogP contribution in [0.2, 0.25) is 10.0 Å². The highest BCUT2D eigenvalue weighted by atomic mass is 35.5. The summed E-state index contributed by atoms with van der Waals surface area (Å²) in [5, 5.41) is 16.4. The van der Waals surface area contributed by atoms with Crippen molar-refractivity contribution in [3.05, 3.63) is 135 Å². The monoisotopic (exact) mass is 917 g/mol. The van der Waals surface area contributed by atoms with Crippen molar-refractivity contribution in [2.75, 3.05) is 35.6 Å². The number of carbonyl (C=O) groups excluding carboxylic acids is 5. The van der Waals surface area contributed by atoms with Crippen molar-refractivity contribution in [2.45, 2.75) is 93.3 Å². The standard InChI is InChI=1S/C50H50Cl2FN7O5/c1-28-11-18-40(44(61)55-28)60-27-35-33(47(60)64)7-6-10-38(35)54-26-29-19-23-59(24-20-29)46(63)30-12-15-32(16-13-30)56-45(62)43-41(34-8-5-9-37(52)42(34)53)50(49(58-43)21-3-2-4-22-49)36-17-14-31(51)25-39(36)57-48(50)65/h5-10,12-17,25,29,40-41,43,54,58H,1-4,11,18-24,26-27H2,(H,55,61)(H,56,62)(H,57,65)/t40?,41-,43+,50+/m0/s1. The Bertz CT molecular complexity index is 2650. The third-order valence-electron chi connectivity index (χ3n) is 14.9. The third-order valence-corrected chi connectivity index (χ3v) is 15.4. The first-order chi connectivity index (χ1) is 31.4. The second-order valence-electron chi connectivity index (χ2n) is 18.4. The molecule has 6 aliphatic rings. The first kappa shape index (κ1) is 43.1. The SMILES string of the molecule is C=C1CCC(N2Cc3c(NCC4CCN(C(=O)c5ccc(NC(=O)[C@@H]6NC7(CCCCC7)[C@@]7(C(=O)Nc8cc(Cl)ccc87)[C@H]6c6cccc(Cl)c6F)cc5)CC4)cccc3C2=O)C(=O)N1. The average Bonchev–Trinajstić information content (AvgIpc) is 3.90. The van der Waals surface area contributed by atoms with Gasteiger partial charge >= 0.3 is 0 Å². The molecule has 2 spiro atoms. The molecule has 1 unspecified atom stereocenters. The Kier molecular flexibility index (Phi) is 11.2. The summed E-state index contributed by atoms with van der Waals surface area (Å²) in [5.74, 6) is -2.52. The number of benzene rings is 4. The van der Waals surface area contributed by atoms with E-state index >= 15 is 4.39 Å². The largest absolute Gasteiger partial charge is 0.384 e. The third kappa shape index (κ3) is 7.26. The molecular formula is C50H50Cl2FN7O5. The maximum atomic E-state index is 16.3. The number of likely N-dealkylation sites (tertiary alicyclic amines) is 1. The van der Waals surface area contributed by atoms with Gasteiger partial charge < -0.3 is 31.1 Å². The number of hydrogen-bond acceptors (Lipinski definition) is 7. The molecule has 3 saturated heterocycles. The van der Waals surface area contributed by atoms with Crippen molar-refractivity contribution in [2.24, 2.45) is 5.92 Å². The minimum atomic E-state index is -1.35. The number of halogens is 3. The molecule has 15 heteroatoms. The van der Waals surface area contributed by atoms with Gasteiger partial charge in [-0.2, -0.15) is 0 Å². The van der Waals surface area contributed by atoms with Gasteiger partial charge in [0.15, 0.2) is 0 Å². The predicted octanol–water partition coefficient (Wildman–Crippen LogP) is 8.13. The Balaban J connectivity index is 0.809. The molecular weight excluding hydrogens is 868 g/mol. The molecule has 10 rings (SSSR count). The van der Waals surface area contributed by atoms with Crippen molar-refractivity contribution in [3.63, 3.8) is 0 Å². The number of fused-ring (bicyclic) bond motifs is 4. The van der Waals surface area contributed by atoms with Gasteiger partial charge in [0, 0.05) is 82.1 Å². The van der Waals surface area contributed by atoms with Crippen molar-refractivity contribution >= 4 is 69.8 Å². The number of anilines is 3. The summed E-state index contributed by atoms with van der Waals surface area (Å²) in [5.41, 5.74) is 3.18. The molecule has 5 amide bonds. The molecule has 336 valence electrons. The fourth-order valence-electron chi connectivity index (χ4n) is 11.7. The highest BCUT2D eigenvalue weighted by Crippen LogP contribution is 2.63. The van der Waals surface area contributed by atoms with Gasteiger partial charge in [-0.25, -0.2) is 4.39 Å². The summed E-state index contributed by atoms with van der Waals surface area (Å²) in [6, 6.07) is 20.9. The van der Waals surface area contributed by atoms with Crippen LogP contribution in [-0.4, -0.2) is 76.6 Å². The van der Waals surface area contributed by atoms with Crippen LogP contribution in [0.25, 0.3) is 0 Å². The van der Waals surface area contributed by atoms with Crippen LogP contribution >= 0.6 is 23.2 Å². The normalized spacial score (nSPS) is 24.8. The Labute approximate surface area is 386 Å². The molecule has 4 aromatic carbocycles. The lowest BCUT2D eigenvalue weighted by Gasteiger charge is -2.47. The van der Waals surface area contributed by atoms with Gasteiger partial charge in [-0.15, -0.1) is 0 Å². The minimum absolute atomic E-state index is 0.0985. The second-order valence-corrected chi connectivity index (χ2v) is 19.3. The quantitative estimate of drug-likeness (QED) is 0.120. The van der Waals surface area contributed by atoms with Gasteiger partial charge in [-0.05, 0) is 110 Å². The molecule has 5 N–H and O–H groups in total. The summed E-state index contributed by atoms with van der Waals surface area (Å²) in [4.78, 5) is 72.6. The lowest BCUT2D eigenvalue weighted by atomic mass is 9.55. The molecule has 12 nitrogen and oxygen atoms in total. The Hall–Kier alpha value is -5.76. The van der Waals surface area contributed by atoms with Gasteiger partial charge in [0.05, 0.1) is 11.1 Å². The molecule has 0 aromatic heterocycles. The van der Waals surface area contributed by atoms with Crippen LogP contribution in [-0.2, 0) is 26.3 Å². The molecule has 1 aliphatic carbocycles. The summed E-state index contributed by atoms with van der Waals surface area (Å²) in [7, 11) is 0. The fourth-order valence-corrected chi connectivity index (χ4v) is 12.1. The van der Waals surface area contributed by atoms with E-state index in [1.54, 1.807) is 53.4 Å². The molecule has 0 bridgehead atoms. The van der Waals surface area contributed by atoms with Gasteiger partial charge in [0.1, 0.15) is 17.3 Å². The second kappa shape index (κ2) is 16.9. The number of nitrogens with one attached hydrogen (secondary N) is 5. The minimum Gasteiger partial charge on any atom is -0.384 e. The number of rotatable bonds is 8. The number of nitrogens with zero attached hydrogens (tertiary/aromatic N) is 2. The van der Waals surface area contributed by atoms with E-state index < -0.39 is 40.7 Å². The maximum Gasteiger partial charge on any atom is 0.255 e. The topological polar surface area (TPSA) is 152 Å². The van der Waals surface area contributed by atoms with E-state index in [9.17, 15) is 24.0 Å². The zero-order valence-electron chi connectivity index (χ0n) is 35.8. The smallest absolute Gasteiger partial charge is 0.255 e. The van der Waals surface area contributed by atoms with E-state index in [0.29, 0.717) is 96.6 Å². The Morgan fingerprint density at radius 2 is 1.65 bits per heavy atom. The molecule has 4 aromatic rings. The number of amides is 5. The number of hydrogen-bond donors (Lipinski definition) is 5. The van der Waals surface area contributed by atoms with Crippen LogP contribution in [0.5, 0.6) is 0 Å². The number of piperidine rings is 2. The zero-order valence-corrected chi connectivity index (χ0v) is 37.3. The van der Waals surface area contributed by atoms with Gasteiger partial charge in [-0.1, -0.05) is 73.3 Å². The first-order valence-corrected chi connectivity index (χ1v) is 23.3.